The molecule has 0 radical (unpaired) electrons. The number of hydrogen-bond donors (Lipinski definition) is 2. The lowest BCUT2D eigenvalue weighted by Gasteiger charge is -2.20. The van der Waals surface area contributed by atoms with E-state index in [1.807, 2.05) is 38.1 Å². The number of aromatic amines is 1. The van der Waals surface area contributed by atoms with Gasteiger partial charge in [-0.25, -0.2) is 13.8 Å². The molecule has 124 valence electrons. The van der Waals surface area contributed by atoms with Crippen LogP contribution in [0, 0.1) is 17.6 Å². The predicted molar refractivity (Wildman–Crippen MR) is 87.5 cm³/mol. The summed E-state index contributed by atoms with van der Waals surface area (Å²) in [4.78, 5) is 20.0. The van der Waals surface area contributed by atoms with E-state index >= 15 is 0 Å². The SMILES string of the molecule is CC(C)C(NC(=O)c1cc(F)cc(F)c1)c1nc2ccccc2[nH]1. The molecule has 3 aromatic rings. The zero-order chi connectivity index (χ0) is 17.3. The quantitative estimate of drug-likeness (QED) is 0.761. The van der Waals surface area contributed by atoms with E-state index in [1.165, 1.54) is 0 Å². The number of H-pyrrole nitrogens is 1. The summed E-state index contributed by atoms with van der Waals surface area (Å²) >= 11 is 0. The molecule has 0 fully saturated rings. The number of aromatic nitrogens is 2. The minimum Gasteiger partial charge on any atom is -0.342 e. The maximum atomic E-state index is 13.3. The number of halogens is 2. The number of carbonyl (C=O) groups is 1. The second-order valence-corrected chi connectivity index (χ2v) is 5.99. The highest BCUT2D eigenvalue weighted by Crippen LogP contribution is 2.23. The standard InChI is InChI=1S/C18H17F2N3O/c1-10(2)16(17-21-14-5-3-4-6-15(14)22-17)23-18(24)11-7-12(19)9-13(20)8-11/h3-10,16H,1-2H3,(H,21,22)(H,23,24). The first-order chi connectivity index (χ1) is 11.4. The first-order valence-electron chi connectivity index (χ1n) is 7.65. The number of nitrogens with one attached hydrogen (secondary N) is 2. The fraction of sp³-hybridized carbons (Fsp3) is 0.222. The second-order valence-electron chi connectivity index (χ2n) is 5.99. The van der Waals surface area contributed by atoms with Crippen molar-refractivity contribution in [1.29, 1.82) is 0 Å². The summed E-state index contributed by atoms with van der Waals surface area (Å²) in [6, 6.07) is 9.88. The van der Waals surface area contributed by atoms with Gasteiger partial charge in [-0.15, -0.1) is 0 Å². The molecule has 24 heavy (non-hydrogen) atoms. The molecule has 0 aliphatic rings. The van der Waals surface area contributed by atoms with Gasteiger partial charge >= 0.3 is 0 Å². The van der Waals surface area contributed by atoms with Gasteiger partial charge in [-0.3, -0.25) is 4.79 Å². The average Bonchev–Trinajstić information content (AvgIpc) is 2.94. The Morgan fingerprint density at radius 3 is 2.42 bits per heavy atom. The molecule has 1 aromatic heterocycles. The lowest BCUT2D eigenvalue weighted by Crippen LogP contribution is -2.32. The summed E-state index contributed by atoms with van der Waals surface area (Å²) in [5.74, 6) is -1.48. The Kier molecular flexibility index (Phi) is 4.29. The number of carbonyl (C=O) groups excluding carboxylic acids is 1. The van der Waals surface area contributed by atoms with Crippen LogP contribution in [0.25, 0.3) is 11.0 Å². The van der Waals surface area contributed by atoms with Crippen LogP contribution in [0.5, 0.6) is 0 Å². The molecule has 3 rings (SSSR count). The van der Waals surface area contributed by atoms with Crippen molar-refractivity contribution in [1.82, 2.24) is 15.3 Å². The first-order valence-corrected chi connectivity index (χ1v) is 7.65. The summed E-state index contributed by atoms with van der Waals surface area (Å²) in [5, 5.41) is 2.80. The Morgan fingerprint density at radius 1 is 1.12 bits per heavy atom. The lowest BCUT2D eigenvalue weighted by molar-refractivity contribution is 0.0922. The fourth-order valence-corrected chi connectivity index (χ4v) is 2.58. The van der Waals surface area contributed by atoms with Crippen molar-refractivity contribution in [2.45, 2.75) is 19.9 Å². The molecule has 0 aliphatic carbocycles. The molecule has 2 aromatic carbocycles. The monoisotopic (exact) mass is 329 g/mol. The predicted octanol–water partition coefficient (Wildman–Crippen LogP) is 3.97. The number of imidazole rings is 1. The van der Waals surface area contributed by atoms with Gasteiger partial charge in [-0.1, -0.05) is 26.0 Å². The number of amides is 1. The Hall–Kier alpha value is -2.76. The topological polar surface area (TPSA) is 57.8 Å². The molecule has 0 aliphatic heterocycles. The van der Waals surface area contributed by atoms with E-state index in [0.29, 0.717) is 5.82 Å². The van der Waals surface area contributed by atoms with Gasteiger partial charge in [0.25, 0.3) is 5.91 Å². The Morgan fingerprint density at radius 2 is 1.79 bits per heavy atom. The summed E-state index contributed by atoms with van der Waals surface area (Å²) in [6.07, 6.45) is 0. The molecule has 0 saturated carbocycles. The van der Waals surface area contributed by atoms with E-state index in [9.17, 15) is 13.6 Å². The molecular weight excluding hydrogens is 312 g/mol. The summed E-state index contributed by atoms with van der Waals surface area (Å²) in [6.45, 7) is 3.87. The molecule has 1 heterocycles. The van der Waals surface area contributed by atoms with Crippen LogP contribution in [-0.2, 0) is 0 Å². The first kappa shape index (κ1) is 16.1. The highest BCUT2D eigenvalue weighted by molar-refractivity contribution is 5.94. The minimum atomic E-state index is -0.787. The van der Waals surface area contributed by atoms with Gasteiger partial charge in [0, 0.05) is 11.6 Å². The number of rotatable bonds is 4. The van der Waals surface area contributed by atoms with E-state index in [1.54, 1.807) is 0 Å². The van der Waals surface area contributed by atoms with Gasteiger partial charge in [-0.05, 0) is 30.2 Å². The van der Waals surface area contributed by atoms with E-state index in [-0.39, 0.29) is 11.5 Å². The third-order valence-electron chi connectivity index (χ3n) is 3.78. The maximum Gasteiger partial charge on any atom is 0.252 e. The third-order valence-corrected chi connectivity index (χ3v) is 3.78. The van der Waals surface area contributed by atoms with Crippen LogP contribution in [0.2, 0.25) is 0 Å². The van der Waals surface area contributed by atoms with E-state index in [2.05, 4.69) is 15.3 Å². The lowest BCUT2D eigenvalue weighted by atomic mass is 10.0. The average molecular weight is 329 g/mol. The van der Waals surface area contributed by atoms with Gasteiger partial charge in [0.05, 0.1) is 17.1 Å². The Bertz CT molecular complexity index is 836. The normalized spacial score (nSPS) is 12.5. The van der Waals surface area contributed by atoms with Gasteiger partial charge in [0.15, 0.2) is 0 Å². The molecule has 0 bridgehead atoms. The fourth-order valence-electron chi connectivity index (χ4n) is 2.58. The van der Waals surface area contributed by atoms with Crippen LogP contribution in [0.3, 0.4) is 0 Å². The van der Waals surface area contributed by atoms with Crippen LogP contribution in [0.1, 0.15) is 36.1 Å². The van der Waals surface area contributed by atoms with Crippen molar-refractivity contribution < 1.29 is 13.6 Å². The van der Waals surface area contributed by atoms with E-state index in [0.717, 1.165) is 29.2 Å². The summed E-state index contributed by atoms with van der Waals surface area (Å²) < 4.78 is 26.6. The van der Waals surface area contributed by atoms with Crippen molar-refractivity contribution in [3.8, 4) is 0 Å². The summed E-state index contributed by atoms with van der Waals surface area (Å²) in [7, 11) is 0. The Labute approximate surface area is 137 Å². The number of benzene rings is 2. The van der Waals surface area contributed by atoms with E-state index in [4.69, 9.17) is 0 Å². The number of fused-ring (bicyclic) bond motifs is 1. The molecule has 6 heteroatoms. The zero-order valence-corrected chi connectivity index (χ0v) is 13.3. The van der Waals surface area contributed by atoms with Gasteiger partial charge in [0.2, 0.25) is 0 Å². The van der Waals surface area contributed by atoms with Crippen molar-refractivity contribution in [2.75, 3.05) is 0 Å². The summed E-state index contributed by atoms with van der Waals surface area (Å²) in [5.41, 5.74) is 1.60. The van der Waals surface area contributed by atoms with Gasteiger partial charge in [-0.2, -0.15) is 0 Å². The van der Waals surface area contributed by atoms with Crippen LogP contribution in [-0.4, -0.2) is 15.9 Å². The molecule has 2 N–H and O–H groups in total. The molecule has 4 nitrogen and oxygen atoms in total. The number of nitrogens with zero attached hydrogens (tertiary/aromatic N) is 1. The third kappa shape index (κ3) is 3.27. The highest BCUT2D eigenvalue weighted by Gasteiger charge is 2.23. The number of hydrogen-bond acceptors (Lipinski definition) is 2. The Balaban J connectivity index is 1.89. The molecule has 1 amide bonds. The van der Waals surface area contributed by atoms with Crippen LogP contribution in [0.15, 0.2) is 42.5 Å². The smallest absolute Gasteiger partial charge is 0.252 e. The molecule has 1 unspecified atom stereocenters. The molecule has 0 spiro atoms. The maximum absolute atomic E-state index is 13.3. The van der Waals surface area contributed by atoms with E-state index < -0.39 is 23.6 Å². The van der Waals surface area contributed by atoms with Crippen molar-refractivity contribution in [3.63, 3.8) is 0 Å². The minimum absolute atomic E-state index is 0.0351. The zero-order valence-electron chi connectivity index (χ0n) is 13.3. The van der Waals surface area contributed by atoms with Crippen LogP contribution in [0.4, 0.5) is 8.78 Å². The number of para-hydroxylation sites is 2. The van der Waals surface area contributed by atoms with Crippen molar-refractivity contribution in [2.24, 2.45) is 5.92 Å². The largest absolute Gasteiger partial charge is 0.342 e. The highest BCUT2D eigenvalue weighted by atomic mass is 19.1. The van der Waals surface area contributed by atoms with Crippen LogP contribution < -0.4 is 5.32 Å². The second kappa shape index (κ2) is 6.39. The molecular formula is C18H17F2N3O. The van der Waals surface area contributed by atoms with Gasteiger partial charge < -0.3 is 10.3 Å². The molecule has 0 saturated heterocycles. The van der Waals surface area contributed by atoms with Gasteiger partial charge in [0.1, 0.15) is 17.5 Å². The van der Waals surface area contributed by atoms with Crippen molar-refractivity contribution >= 4 is 16.9 Å². The van der Waals surface area contributed by atoms with Crippen molar-refractivity contribution in [3.05, 3.63) is 65.5 Å². The van der Waals surface area contributed by atoms with Crippen LogP contribution >= 0.6 is 0 Å². The molecule has 1 atom stereocenters.